The molecule has 0 aliphatic heterocycles. The molecule has 0 spiro atoms. The molecule has 1 aromatic rings. The van der Waals surface area contributed by atoms with Crippen LogP contribution >= 0.6 is 0 Å². The summed E-state index contributed by atoms with van der Waals surface area (Å²) in [7, 11) is -3.68. The molecule has 0 heterocycles. The van der Waals surface area contributed by atoms with E-state index < -0.39 is 15.6 Å². The maximum absolute atomic E-state index is 12.8. The number of benzene rings is 1. The highest BCUT2D eigenvalue weighted by Crippen LogP contribution is 2.22. The van der Waals surface area contributed by atoms with Crippen LogP contribution in [0.2, 0.25) is 0 Å². The number of sulfonamides is 1. The summed E-state index contributed by atoms with van der Waals surface area (Å²) in [6, 6.07) is 6.95. The summed E-state index contributed by atoms with van der Waals surface area (Å²) in [5.74, 6) is 0.0887. The van der Waals surface area contributed by atoms with E-state index in [1.807, 2.05) is 32.9 Å². The normalized spacial score (nSPS) is 13.8. The van der Waals surface area contributed by atoms with Crippen LogP contribution in [-0.2, 0) is 14.8 Å². The molecule has 0 aromatic heterocycles. The zero-order valence-electron chi connectivity index (χ0n) is 15.6. The molecular weight excluding hydrogens is 324 g/mol. The quantitative estimate of drug-likeness (QED) is 0.818. The van der Waals surface area contributed by atoms with Crippen molar-refractivity contribution in [1.29, 1.82) is 0 Å². The van der Waals surface area contributed by atoms with Gasteiger partial charge in [0.05, 0.1) is 11.4 Å². The summed E-state index contributed by atoms with van der Waals surface area (Å²) in [4.78, 5) is 12.3. The third-order valence-corrected chi connectivity index (χ3v) is 5.82. The van der Waals surface area contributed by atoms with E-state index in [2.05, 4.69) is 19.2 Å². The second-order valence-electron chi connectivity index (χ2n) is 7.11. The number of nitrogens with zero attached hydrogens (tertiary/aromatic N) is 1. The maximum Gasteiger partial charge on any atom is 0.243 e. The molecule has 136 valence electrons. The second kappa shape index (κ2) is 8.12. The highest BCUT2D eigenvalue weighted by Gasteiger charge is 2.26. The van der Waals surface area contributed by atoms with Gasteiger partial charge in [0.2, 0.25) is 15.9 Å². The predicted molar refractivity (Wildman–Crippen MR) is 97.5 cm³/mol. The van der Waals surface area contributed by atoms with Crippen molar-refractivity contribution in [3.05, 3.63) is 29.8 Å². The molecule has 1 aromatic carbocycles. The summed E-state index contributed by atoms with van der Waals surface area (Å²) in [6.45, 7) is 11.6. The Morgan fingerprint density at radius 1 is 1.17 bits per heavy atom. The molecule has 0 saturated heterocycles. The molecule has 0 aliphatic carbocycles. The van der Waals surface area contributed by atoms with Crippen LogP contribution in [0.5, 0.6) is 0 Å². The molecule has 0 bridgehead atoms. The third-order valence-electron chi connectivity index (χ3n) is 3.89. The molecule has 0 radical (unpaired) electrons. The fraction of sp³-hybridized carbons (Fsp3) is 0.611. The Labute approximate surface area is 146 Å². The van der Waals surface area contributed by atoms with Crippen LogP contribution < -0.4 is 5.32 Å². The predicted octanol–water partition coefficient (Wildman–Crippen LogP) is 3.13. The van der Waals surface area contributed by atoms with Crippen molar-refractivity contribution in [2.24, 2.45) is 0 Å². The van der Waals surface area contributed by atoms with Crippen LogP contribution in [-0.4, -0.2) is 37.3 Å². The first-order chi connectivity index (χ1) is 11.0. The van der Waals surface area contributed by atoms with Crippen molar-refractivity contribution < 1.29 is 13.2 Å². The van der Waals surface area contributed by atoms with Crippen LogP contribution in [0.25, 0.3) is 0 Å². The topological polar surface area (TPSA) is 66.5 Å². The van der Waals surface area contributed by atoms with Crippen molar-refractivity contribution in [3.63, 3.8) is 0 Å². The van der Waals surface area contributed by atoms with Crippen LogP contribution in [0.1, 0.15) is 59.4 Å². The average molecular weight is 355 g/mol. The molecule has 5 nitrogen and oxygen atoms in total. The van der Waals surface area contributed by atoms with E-state index >= 15 is 0 Å². The number of likely N-dealkylation sites (N-methyl/N-ethyl adjacent to an activating group) is 1. The molecule has 24 heavy (non-hydrogen) atoms. The number of carbonyl (C=O) groups excluding carboxylic acids is 1. The third kappa shape index (κ3) is 5.60. The minimum absolute atomic E-state index is 0.177. The minimum Gasteiger partial charge on any atom is -0.350 e. The van der Waals surface area contributed by atoms with Crippen molar-refractivity contribution >= 4 is 15.9 Å². The Morgan fingerprint density at radius 3 is 2.12 bits per heavy atom. The van der Waals surface area contributed by atoms with Gasteiger partial charge >= 0.3 is 0 Å². The number of hydrogen-bond acceptors (Lipinski definition) is 3. The number of carbonyl (C=O) groups is 1. The lowest BCUT2D eigenvalue weighted by atomic mass is 9.99. The van der Waals surface area contributed by atoms with Gasteiger partial charge in [-0.25, -0.2) is 8.42 Å². The zero-order chi connectivity index (χ0) is 18.5. The number of rotatable bonds is 7. The van der Waals surface area contributed by atoms with Gasteiger partial charge in [-0.05, 0) is 50.8 Å². The van der Waals surface area contributed by atoms with Crippen LogP contribution in [0.4, 0.5) is 0 Å². The molecule has 1 amide bonds. The van der Waals surface area contributed by atoms with Gasteiger partial charge in [-0.2, -0.15) is 4.31 Å². The largest absolute Gasteiger partial charge is 0.350 e. The Bertz CT molecular complexity index is 646. The van der Waals surface area contributed by atoms with E-state index in [9.17, 15) is 13.2 Å². The lowest BCUT2D eigenvalue weighted by Gasteiger charge is -2.24. The van der Waals surface area contributed by atoms with Gasteiger partial charge in [-0.3, -0.25) is 4.79 Å². The second-order valence-corrected chi connectivity index (χ2v) is 9.05. The Kier molecular flexibility index (Phi) is 6.98. The fourth-order valence-electron chi connectivity index (χ4n) is 2.34. The highest BCUT2D eigenvalue weighted by molar-refractivity contribution is 7.89. The van der Waals surface area contributed by atoms with Gasteiger partial charge in [0, 0.05) is 12.1 Å². The Morgan fingerprint density at radius 2 is 1.71 bits per heavy atom. The van der Waals surface area contributed by atoms with E-state index in [0.717, 1.165) is 12.0 Å². The van der Waals surface area contributed by atoms with Crippen LogP contribution in [0.3, 0.4) is 0 Å². The SMILES string of the molecule is CCC(C)c1ccc(S(=O)(=O)N(CC)CC(=O)NC(C)(C)C)cc1. The lowest BCUT2D eigenvalue weighted by molar-refractivity contribution is -0.122. The smallest absolute Gasteiger partial charge is 0.243 e. The van der Waals surface area contributed by atoms with E-state index in [0.29, 0.717) is 5.92 Å². The number of nitrogens with one attached hydrogen (secondary N) is 1. The molecule has 1 unspecified atom stereocenters. The minimum atomic E-state index is -3.68. The van der Waals surface area contributed by atoms with Gasteiger partial charge in [-0.1, -0.05) is 32.9 Å². The first-order valence-electron chi connectivity index (χ1n) is 8.42. The fourth-order valence-corrected chi connectivity index (χ4v) is 3.74. The summed E-state index contributed by atoms with van der Waals surface area (Å²) >= 11 is 0. The van der Waals surface area contributed by atoms with Gasteiger partial charge < -0.3 is 5.32 Å². The van der Waals surface area contributed by atoms with Crippen molar-refractivity contribution in [3.8, 4) is 0 Å². The molecule has 1 N–H and O–H groups in total. The van der Waals surface area contributed by atoms with E-state index in [1.54, 1.807) is 19.1 Å². The molecule has 1 atom stereocenters. The average Bonchev–Trinajstić information content (AvgIpc) is 2.50. The molecule has 6 heteroatoms. The standard InChI is InChI=1S/C18H30N2O3S/c1-7-14(3)15-9-11-16(12-10-15)24(22,23)20(8-2)13-17(21)19-18(4,5)6/h9-12,14H,7-8,13H2,1-6H3,(H,19,21). The van der Waals surface area contributed by atoms with Crippen molar-refractivity contribution in [1.82, 2.24) is 9.62 Å². The summed E-state index contributed by atoms with van der Waals surface area (Å²) < 4.78 is 26.7. The first kappa shape index (κ1) is 20.6. The van der Waals surface area contributed by atoms with Crippen molar-refractivity contribution in [2.75, 3.05) is 13.1 Å². The molecule has 0 saturated carbocycles. The van der Waals surface area contributed by atoms with E-state index in [1.165, 1.54) is 4.31 Å². The monoisotopic (exact) mass is 354 g/mol. The maximum atomic E-state index is 12.8. The highest BCUT2D eigenvalue weighted by atomic mass is 32.2. The molecule has 1 rings (SSSR count). The van der Waals surface area contributed by atoms with Gasteiger partial charge in [0.1, 0.15) is 0 Å². The molecule has 0 fully saturated rings. The Balaban J connectivity index is 2.97. The van der Waals surface area contributed by atoms with Crippen LogP contribution in [0.15, 0.2) is 29.2 Å². The molecule has 0 aliphatic rings. The van der Waals surface area contributed by atoms with Gasteiger partial charge in [-0.15, -0.1) is 0 Å². The lowest BCUT2D eigenvalue weighted by Crippen LogP contribution is -2.47. The summed E-state index contributed by atoms with van der Waals surface area (Å²) in [6.07, 6.45) is 1.00. The van der Waals surface area contributed by atoms with Gasteiger partial charge in [0.15, 0.2) is 0 Å². The zero-order valence-corrected chi connectivity index (χ0v) is 16.4. The first-order valence-corrected chi connectivity index (χ1v) is 9.86. The summed E-state index contributed by atoms with van der Waals surface area (Å²) in [5, 5.41) is 2.79. The molecular formula is C18H30N2O3S. The van der Waals surface area contributed by atoms with Gasteiger partial charge in [0.25, 0.3) is 0 Å². The number of hydrogen-bond donors (Lipinski definition) is 1. The Hall–Kier alpha value is -1.40. The van der Waals surface area contributed by atoms with E-state index in [4.69, 9.17) is 0 Å². The number of amides is 1. The van der Waals surface area contributed by atoms with Crippen molar-refractivity contribution in [2.45, 2.75) is 64.3 Å². The summed E-state index contributed by atoms with van der Waals surface area (Å²) in [5.41, 5.74) is 0.725. The van der Waals surface area contributed by atoms with Crippen LogP contribution in [0, 0.1) is 0 Å². The van der Waals surface area contributed by atoms with E-state index in [-0.39, 0.29) is 23.9 Å².